The smallest absolute Gasteiger partial charge is 0.150 e. The lowest BCUT2D eigenvalue weighted by molar-refractivity contribution is -0.00816. The minimum absolute atomic E-state index is 0.373. The van der Waals surface area contributed by atoms with Crippen LogP contribution in [0.5, 0.6) is 0 Å². The van der Waals surface area contributed by atoms with Crippen LogP contribution in [0.3, 0.4) is 0 Å². The van der Waals surface area contributed by atoms with Crippen LogP contribution in [-0.2, 0) is 11.2 Å². The van der Waals surface area contributed by atoms with Crippen molar-refractivity contribution < 1.29 is 13.9 Å². The number of ether oxygens (including phenoxy) is 1. The molecule has 0 spiro atoms. The fraction of sp³-hybridized carbons (Fsp3) is 0.462. The van der Waals surface area contributed by atoms with E-state index >= 15 is 0 Å². The molecule has 0 atom stereocenters. The van der Waals surface area contributed by atoms with E-state index in [0.717, 1.165) is 11.8 Å². The molecule has 0 saturated carbocycles. The van der Waals surface area contributed by atoms with Crippen molar-refractivity contribution in [3.05, 3.63) is 35.4 Å². The van der Waals surface area contributed by atoms with E-state index in [0.29, 0.717) is 38.0 Å². The molecule has 3 heteroatoms. The van der Waals surface area contributed by atoms with Gasteiger partial charge >= 0.3 is 0 Å². The van der Waals surface area contributed by atoms with E-state index in [4.69, 9.17) is 4.74 Å². The summed E-state index contributed by atoms with van der Waals surface area (Å²) >= 11 is 0. The van der Waals surface area contributed by atoms with Crippen molar-refractivity contribution in [3.63, 3.8) is 0 Å². The SMILES string of the molecule is O=Cc1cccc(CC2(F)CCOCC2)c1. The number of alkyl halides is 1. The van der Waals surface area contributed by atoms with Gasteiger partial charge in [0, 0.05) is 38.0 Å². The Hall–Kier alpha value is -1.22. The molecule has 2 nitrogen and oxygen atoms in total. The number of hydrogen-bond acceptors (Lipinski definition) is 2. The minimum Gasteiger partial charge on any atom is -0.381 e. The summed E-state index contributed by atoms with van der Waals surface area (Å²) in [4.78, 5) is 10.6. The molecule has 0 unspecified atom stereocenters. The maximum atomic E-state index is 14.3. The zero-order chi connectivity index (χ0) is 11.4. The predicted molar refractivity (Wildman–Crippen MR) is 59.4 cm³/mol. The van der Waals surface area contributed by atoms with Crippen molar-refractivity contribution in [2.24, 2.45) is 0 Å². The fourth-order valence-corrected chi connectivity index (χ4v) is 2.06. The second-order valence-corrected chi connectivity index (χ2v) is 4.30. The number of halogens is 1. The molecule has 1 aliphatic heterocycles. The van der Waals surface area contributed by atoms with E-state index in [1.807, 2.05) is 6.07 Å². The van der Waals surface area contributed by atoms with Gasteiger partial charge in [0.15, 0.2) is 0 Å². The van der Waals surface area contributed by atoms with E-state index in [1.165, 1.54) is 0 Å². The first-order chi connectivity index (χ1) is 7.72. The molecule has 1 saturated heterocycles. The molecule has 2 rings (SSSR count). The molecule has 1 aromatic rings. The Labute approximate surface area is 94.4 Å². The van der Waals surface area contributed by atoms with Gasteiger partial charge in [-0.3, -0.25) is 4.79 Å². The van der Waals surface area contributed by atoms with Gasteiger partial charge in [0.25, 0.3) is 0 Å². The van der Waals surface area contributed by atoms with Crippen molar-refractivity contribution in [1.29, 1.82) is 0 Å². The highest BCUT2D eigenvalue weighted by molar-refractivity contribution is 5.74. The number of carbonyl (C=O) groups excluding carboxylic acids is 1. The second-order valence-electron chi connectivity index (χ2n) is 4.30. The van der Waals surface area contributed by atoms with Crippen LogP contribution < -0.4 is 0 Å². The van der Waals surface area contributed by atoms with Crippen molar-refractivity contribution in [3.8, 4) is 0 Å². The Kier molecular flexibility index (Phi) is 3.34. The lowest BCUT2D eigenvalue weighted by atomic mass is 9.89. The Morgan fingerprint density at radius 3 is 2.81 bits per heavy atom. The number of aldehydes is 1. The van der Waals surface area contributed by atoms with Crippen LogP contribution in [0, 0.1) is 0 Å². The van der Waals surface area contributed by atoms with E-state index in [2.05, 4.69) is 0 Å². The summed E-state index contributed by atoms with van der Waals surface area (Å²) in [6, 6.07) is 7.14. The average molecular weight is 222 g/mol. The maximum absolute atomic E-state index is 14.3. The summed E-state index contributed by atoms with van der Waals surface area (Å²) in [6.07, 6.45) is 2.05. The number of rotatable bonds is 3. The molecule has 86 valence electrons. The molecule has 16 heavy (non-hydrogen) atoms. The number of benzene rings is 1. The molecule has 1 aromatic carbocycles. The summed E-state index contributed by atoms with van der Waals surface area (Å²) in [5.41, 5.74) is 0.321. The van der Waals surface area contributed by atoms with E-state index in [-0.39, 0.29) is 0 Å². The summed E-state index contributed by atoms with van der Waals surface area (Å²) in [6.45, 7) is 0.980. The summed E-state index contributed by atoms with van der Waals surface area (Å²) in [5, 5.41) is 0. The molecule has 1 heterocycles. The Balaban J connectivity index is 2.09. The maximum Gasteiger partial charge on any atom is 0.150 e. The molecular weight excluding hydrogens is 207 g/mol. The van der Waals surface area contributed by atoms with Gasteiger partial charge in [0.1, 0.15) is 12.0 Å². The quantitative estimate of drug-likeness (QED) is 0.735. The van der Waals surface area contributed by atoms with Gasteiger partial charge in [0.2, 0.25) is 0 Å². The van der Waals surface area contributed by atoms with Gasteiger partial charge in [-0.15, -0.1) is 0 Å². The van der Waals surface area contributed by atoms with Crippen molar-refractivity contribution in [2.45, 2.75) is 24.9 Å². The standard InChI is InChI=1S/C13H15FO2/c14-13(4-6-16-7-5-13)9-11-2-1-3-12(8-11)10-15/h1-3,8,10H,4-7,9H2. The zero-order valence-electron chi connectivity index (χ0n) is 9.12. The highest BCUT2D eigenvalue weighted by Gasteiger charge is 2.32. The van der Waals surface area contributed by atoms with Crippen LogP contribution in [0.1, 0.15) is 28.8 Å². The van der Waals surface area contributed by atoms with Crippen LogP contribution in [0.2, 0.25) is 0 Å². The third kappa shape index (κ3) is 2.67. The van der Waals surface area contributed by atoms with Gasteiger partial charge in [-0.25, -0.2) is 4.39 Å². The first kappa shape index (κ1) is 11.3. The molecule has 0 N–H and O–H groups in total. The number of carbonyl (C=O) groups is 1. The topological polar surface area (TPSA) is 26.3 Å². The van der Waals surface area contributed by atoms with Gasteiger partial charge in [-0.2, -0.15) is 0 Å². The lowest BCUT2D eigenvalue weighted by Crippen LogP contribution is -2.33. The Bertz CT molecular complexity index is 370. The van der Waals surface area contributed by atoms with Crippen LogP contribution in [0.4, 0.5) is 4.39 Å². The Morgan fingerprint density at radius 1 is 1.38 bits per heavy atom. The van der Waals surface area contributed by atoms with Crippen molar-refractivity contribution in [2.75, 3.05) is 13.2 Å². The largest absolute Gasteiger partial charge is 0.381 e. The number of hydrogen-bond donors (Lipinski definition) is 0. The lowest BCUT2D eigenvalue weighted by Gasteiger charge is -2.29. The normalized spacial score (nSPS) is 19.3. The molecule has 0 aliphatic carbocycles. The fourth-order valence-electron chi connectivity index (χ4n) is 2.06. The average Bonchev–Trinajstić information content (AvgIpc) is 2.29. The highest BCUT2D eigenvalue weighted by Crippen LogP contribution is 2.29. The first-order valence-corrected chi connectivity index (χ1v) is 5.53. The van der Waals surface area contributed by atoms with Crippen LogP contribution >= 0.6 is 0 Å². The van der Waals surface area contributed by atoms with E-state index in [1.54, 1.807) is 18.2 Å². The molecule has 0 amide bonds. The van der Waals surface area contributed by atoms with Crippen LogP contribution in [0.15, 0.2) is 24.3 Å². The summed E-state index contributed by atoms with van der Waals surface area (Å²) < 4.78 is 19.5. The van der Waals surface area contributed by atoms with Crippen molar-refractivity contribution in [1.82, 2.24) is 0 Å². The van der Waals surface area contributed by atoms with Gasteiger partial charge in [0.05, 0.1) is 0 Å². The van der Waals surface area contributed by atoms with Gasteiger partial charge in [-0.05, 0) is 11.6 Å². The third-order valence-corrected chi connectivity index (χ3v) is 3.00. The summed E-state index contributed by atoms with van der Waals surface area (Å²) in [5.74, 6) is 0. The predicted octanol–water partition coefficient (Wildman–Crippen LogP) is 2.56. The van der Waals surface area contributed by atoms with Gasteiger partial charge in [-0.1, -0.05) is 18.2 Å². The van der Waals surface area contributed by atoms with Crippen molar-refractivity contribution >= 4 is 6.29 Å². The van der Waals surface area contributed by atoms with Gasteiger partial charge < -0.3 is 4.74 Å². The van der Waals surface area contributed by atoms with Crippen LogP contribution in [0.25, 0.3) is 0 Å². The third-order valence-electron chi connectivity index (χ3n) is 3.00. The monoisotopic (exact) mass is 222 g/mol. The molecule has 0 aromatic heterocycles. The van der Waals surface area contributed by atoms with E-state index in [9.17, 15) is 9.18 Å². The molecule has 0 bridgehead atoms. The molecular formula is C13H15FO2. The molecule has 1 aliphatic rings. The first-order valence-electron chi connectivity index (χ1n) is 5.53. The molecule has 0 radical (unpaired) electrons. The molecule has 1 fully saturated rings. The van der Waals surface area contributed by atoms with Crippen LogP contribution in [-0.4, -0.2) is 25.2 Å². The Morgan fingerprint density at radius 2 is 2.12 bits per heavy atom. The summed E-state index contributed by atoms with van der Waals surface area (Å²) in [7, 11) is 0. The highest BCUT2D eigenvalue weighted by atomic mass is 19.1. The zero-order valence-corrected chi connectivity index (χ0v) is 9.12. The second kappa shape index (κ2) is 4.74. The van der Waals surface area contributed by atoms with E-state index < -0.39 is 5.67 Å². The minimum atomic E-state index is -1.17.